The Morgan fingerprint density at radius 1 is 1.58 bits per heavy atom. The Morgan fingerprint density at radius 2 is 2.25 bits per heavy atom. The van der Waals surface area contributed by atoms with Crippen molar-refractivity contribution in [2.24, 2.45) is 0 Å². The van der Waals surface area contributed by atoms with Gasteiger partial charge in [0.15, 0.2) is 5.01 Å². The van der Waals surface area contributed by atoms with Crippen LogP contribution in [0.25, 0.3) is 0 Å². The molecule has 0 aromatic carbocycles. The summed E-state index contributed by atoms with van der Waals surface area (Å²) in [5, 5.41) is 0.591. The van der Waals surface area contributed by atoms with E-state index in [1.165, 1.54) is 5.38 Å². The number of thiazole rings is 1. The molecular weight excluding hydrogens is 191 g/mol. The van der Waals surface area contributed by atoms with Crippen molar-refractivity contribution in [3.63, 3.8) is 0 Å². The van der Waals surface area contributed by atoms with Gasteiger partial charge in [0, 0.05) is 5.38 Å². The highest BCUT2D eigenvalue weighted by atomic mass is 32.1. The first-order valence-electron chi connectivity index (χ1n) is 3.21. The minimum absolute atomic E-state index is 0.197. The van der Waals surface area contributed by atoms with Gasteiger partial charge < -0.3 is 4.74 Å². The molecule has 0 spiro atoms. The highest BCUT2D eigenvalue weighted by Gasteiger charge is 2.37. The van der Waals surface area contributed by atoms with Crippen LogP contribution in [0.4, 0.5) is 13.2 Å². The van der Waals surface area contributed by atoms with Crippen molar-refractivity contribution >= 4 is 11.3 Å². The molecule has 2 nitrogen and oxygen atoms in total. The van der Waals surface area contributed by atoms with Gasteiger partial charge in [-0.25, -0.2) is 4.98 Å². The van der Waals surface area contributed by atoms with E-state index in [0.29, 0.717) is 23.6 Å². The van der Waals surface area contributed by atoms with E-state index in [4.69, 9.17) is 4.74 Å². The van der Waals surface area contributed by atoms with Gasteiger partial charge in [0.1, 0.15) is 6.10 Å². The summed E-state index contributed by atoms with van der Waals surface area (Å²) in [4.78, 5) is 3.41. The fourth-order valence-electron chi connectivity index (χ4n) is 0.783. The van der Waals surface area contributed by atoms with Crippen LogP contribution in [0.1, 0.15) is 16.8 Å². The van der Waals surface area contributed by atoms with Crippen molar-refractivity contribution in [3.05, 3.63) is 16.1 Å². The van der Waals surface area contributed by atoms with Crippen molar-refractivity contribution in [2.75, 3.05) is 6.61 Å². The fraction of sp³-hybridized carbons (Fsp3) is 0.500. The van der Waals surface area contributed by atoms with Crippen molar-refractivity contribution < 1.29 is 17.9 Å². The summed E-state index contributed by atoms with van der Waals surface area (Å²) < 4.78 is 40.8. The maximum Gasteiger partial charge on any atom is 0.443 e. The first-order valence-corrected chi connectivity index (χ1v) is 4.09. The number of epoxide rings is 1. The number of nitrogens with zero attached hydrogens (tertiary/aromatic N) is 1. The molecule has 0 amide bonds. The Bertz CT molecular complexity index is 291. The van der Waals surface area contributed by atoms with E-state index in [-0.39, 0.29) is 6.10 Å². The largest absolute Gasteiger partial charge is 0.443 e. The predicted octanol–water partition coefficient (Wildman–Crippen LogP) is 2.23. The Morgan fingerprint density at radius 3 is 2.67 bits per heavy atom. The van der Waals surface area contributed by atoms with Gasteiger partial charge in [-0.3, -0.25) is 0 Å². The number of ether oxygens (including phenoxy) is 1. The highest BCUT2D eigenvalue weighted by molar-refractivity contribution is 7.09. The molecule has 6 heteroatoms. The van der Waals surface area contributed by atoms with E-state index in [1.807, 2.05) is 0 Å². The molecule has 1 aromatic heterocycles. The summed E-state index contributed by atoms with van der Waals surface area (Å²) in [6.45, 7) is 0.487. The summed E-state index contributed by atoms with van der Waals surface area (Å²) in [5.41, 5.74) is 0.396. The second-order valence-electron chi connectivity index (χ2n) is 2.40. The zero-order valence-corrected chi connectivity index (χ0v) is 6.58. The molecule has 0 bridgehead atoms. The van der Waals surface area contributed by atoms with Gasteiger partial charge in [0.25, 0.3) is 0 Å². The lowest BCUT2D eigenvalue weighted by Crippen LogP contribution is -2.03. The van der Waals surface area contributed by atoms with Crippen LogP contribution >= 0.6 is 11.3 Å². The maximum absolute atomic E-state index is 12.0. The average molecular weight is 195 g/mol. The molecule has 1 saturated heterocycles. The van der Waals surface area contributed by atoms with Crippen LogP contribution in [0, 0.1) is 0 Å². The standard InChI is InChI=1S/C6H4F3NOS/c7-6(8,9)5-10-3(2-12-5)4-1-11-4/h2,4H,1H2/t4-/m0/s1. The minimum atomic E-state index is -4.32. The first-order chi connectivity index (χ1) is 5.57. The zero-order valence-electron chi connectivity index (χ0n) is 5.76. The Labute approximate surface area is 70.0 Å². The lowest BCUT2D eigenvalue weighted by molar-refractivity contribution is -0.137. The summed E-state index contributed by atoms with van der Waals surface area (Å²) in [6, 6.07) is 0. The van der Waals surface area contributed by atoms with E-state index < -0.39 is 11.2 Å². The third-order valence-corrected chi connectivity index (χ3v) is 2.33. The molecule has 1 fully saturated rings. The van der Waals surface area contributed by atoms with Crippen LogP contribution in [0.5, 0.6) is 0 Å². The molecule has 1 aliphatic rings. The second kappa shape index (κ2) is 2.43. The van der Waals surface area contributed by atoms with Gasteiger partial charge in [-0.1, -0.05) is 0 Å². The van der Waals surface area contributed by atoms with Crippen LogP contribution in [-0.4, -0.2) is 11.6 Å². The van der Waals surface area contributed by atoms with E-state index in [1.54, 1.807) is 0 Å². The lowest BCUT2D eigenvalue weighted by atomic mass is 10.4. The summed E-state index contributed by atoms with van der Waals surface area (Å²) in [6.07, 6.45) is -4.52. The molecule has 1 aromatic rings. The van der Waals surface area contributed by atoms with Crippen LogP contribution in [0.2, 0.25) is 0 Å². The average Bonchev–Trinajstić information content (AvgIpc) is 2.66. The molecule has 0 saturated carbocycles. The van der Waals surface area contributed by atoms with Crippen LogP contribution < -0.4 is 0 Å². The van der Waals surface area contributed by atoms with E-state index in [9.17, 15) is 13.2 Å². The SMILES string of the molecule is FC(F)(F)c1nc([C@@H]2CO2)cs1. The Balaban J connectivity index is 2.23. The van der Waals surface area contributed by atoms with E-state index in [2.05, 4.69) is 4.98 Å². The van der Waals surface area contributed by atoms with Crippen molar-refractivity contribution in [3.8, 4) is 0 Å². The molecule has 0 N–H and O–H groups in total. The summed E-state index contributed by atoms with van der Waals surface area (Å²) in [5.74, 6) is 0. The molecule has 2 rings (SSSR count). The van der Waals surface area contributed by atoms with Gasteiger partial charge in [-0.15, -0.1) is 11.3 Å². The fourth-order valence-corrected chi connectivity index (χ4v) is 1.51. The van der Waals surface area contributed by atoms with E-state index in [0.717, 1.165) is 0 Å². The molecule has 0 radical (unpaired) electrons. The monoisotopic (exact) mass is 195 g/mol. The number of hydrogen-bond acceptors (Lipinski definition) is 3. The number of rotatable bonds is 1. The van der Waals surface area contributed by atoms with Gasteiger partial charge in [-0.2, -0.15) is 13.2 Å². The minimum Gasteiger partial charge on any atom is -0.366 e. The zero-order chi connectivity index (χ0) is 8.77. The maximum atomic E-state index is 12.0. The van der Waals surface area contributed by atoms with Crippen molar-refractivity contribution in [1.82, 2.24) is 4.98 Å². The van der Waals surface area contributed by atoms with Crippen LogP contribution in [0.3, 0.4) is 0 Å². The van der Waals surface area contributed by atoms with Gasteiger partial charge in [-0.05, 0) is 0 Å². The van der Waals surface area contributed by atoms with Crippen molar-refractivity contribution in [1.29, 1.82) is 0 Å². The number of aromatic nitrogens is 1. The number of alkyl halides is 3. The van der Waals surface area contributed by atoms with Gasteiger partial charge in [0.05, 0.1) is 12.3 Å². The molecule has 1 atom stereocenters. The van der Waals surface area contributed by atoms with Gasteiger partial charge >= 0.3 is 6.18 Å². The van der Waals surface area contributed by atoms with Crippen LogP contribution in [-0.2, 0) is 10.9 Å². The van der Waals surface area contributed by atoms with Crippen molar-refractivity contribution in [2.45, 2.75) is 12.3 Å². The number of hydrogen-bond donors (Lipinski definition) is 0. The van der Waals surface area contributed by atoms with Gasteiger partial charge in [0.2, 0.25) is 0 Å². The lowest BCUT2D eigenvalue weighted by Gasteiger charge is -1.98. The Kier molecular flexibility index (Phi) is 1.62. The molecule has 0 unspecified atom stereocenters. The quantitative estimate of drug-likeness (QED) is 0.642. The molecule has 2 heterocycles. The third-order valence-electron chi connectivity index (χ3n) is 1.43. The molecular formula is C6H4F3NOS. The summed E-state index contributed by atoms with van der Waals surface area (Å²) >= 11 is 0.609. The molecule has 12 heavy (non-hydrogen) atoms. The third kappa shape index (κ3) is 1.44. The Hall–Kier alpha value is -0.620. The first kappa shape index (κ1) is 8.00. The molecule has 1 aliphatic heterocycles. The highest BCUT2D eigenvalue weighted by Crippen LogP contribution is 2.36. The number of halogens is 3. The van der Waals surface area contributed by atoms with Crippen LogP contribution in [0.15, 0.2) is 5.38 Å². The second-order valence-corrected chi connectivity index (χ2v) is 3.26. The topological polar surface area (TPSA) is 25.4 Å². The van der Waals surface area contributed by atoms with E-state index >= 15 is 0 Å². The smallest absolute Gasteiger partial charge is 0.366 e. The predicted molar refractivity (Wildman–Crippen MR) is 35.8 cm³/mol. The molecule has 66 valence electrons. The molecule has 0 aliphatic carbocycles. The summed E-state index contributed by atoms with van der Waals surface area (Å²) in [7, 11) is 0. The normalized spacial score (nSPS) is 22.8.